The Kier molecular flexibility index (Phi) is 2.13. The summed E-state index contributed by atoms with van der Waals surface area (Å²) in [5.74, 6) is 0.331. The van der Waals surface area contributed by atoms with Crippen LogP contribution in [-0.4, -0.2) is 46.9 Å². The minimum atomic E-state index is -0.214. The first-order valence-electron chi connectivity index (χ1n) is 6.53. The number of fused-ring (bicyclic) bond motifs is 2. The average Bonchev–Trinajstić information content (AvgIpc) is 2.99. The van der Waals surface area contributed by atoms with Gasteiger partial charge in [-0.3, -0.25) is 9.69 Å². The van der Waals surface area contributed by atoms with Crippen molar-refractivity contribution in [2.24, 2.45) is 5.41 Å². The number of rotatable bonds is 1. The summed E-state index contributed by atoms with van der Waals surface area (Å²) >= 11 is 0. The quantitative estimate of drug-likeness (QED) is 0.671. The van der Waals surface area contributed by atoms with Crippen molar-refractivity contribution in [3.8, 4) is 0 Å². The molecule has 4 rings (SSSR count). The molecule has 1 saturated carbocycles. The predicted molar refractivity (Wildman–Crippen MR) is 63.1 cm³/mol. The van der Waals surface area contributed by atoms with Gasteiger partial charge in [-0.1, -0.05) is 20.8 Å². The fraction of sp³-hybridized carbons (Fsp3) is 0.923. The Labute approximate surface area is 97.8 Å². The molecule has 2 unspecified atom stereocenters. The maximum atomic E-state index is 12.2. The van der Waals surface area contributed by atoms with Gasteiger partial charge in [0.1, 0.15) is 0 Å². The molecule has 1 amide bonds. The van der Waals surface area contributed by atoms with Crippen molar-refractivity contribution in [2.45, 2.75) is 58.2 Å². The summed E-state index contributed by atoms with van der Waals surface area (Å²) in [6.07, 6.45) is 4.10. The lowest BCUT2D eigenvalue weighted by Gasteiger charge is -2.57. The highest BCUT2D eigenvalue weighted by Gasteiger charge is 2.51. The van der Waals surface area contributed by atoms with E-state index in [4.69, 9.17) is 0 Å². The molecule has 0 aromatic carbocycles. The van der Waals surface area contributed by atoms with E-state index in [1.165, 1.54) is 19.3 Å². The van der Waals surface area contributed by atoms with Crippen LogP contribution in [0.5, 0.6) is 0 Å². The third-order valence-electron chi connectivity index (χ3n) is 4.15. The van der Waals surface area contributed by atoms with E-state index in [2.05, 4.69) is 9.80 Å². The minimum Gasteiger partial charge on any atom is -0.339 e. The normalized spacial score (nSPS) is 34.8. The van der Waals surface area contributed by atoms with Crippen molar-refractivity contribution in [2.75, 3.05) is 13.1 Å². The summed E-state index contributed by atoms with van der Waals surface area (Å²) in [6, 6.07) is 2.23. The lowest BCUT2D eigenvalue weighted by Crippen LogP contribution is -2.70. The molecule has 4 aliphatic rings. The van der Waals surface area contributed by atoms with Crippen LogP contribution >= 0.6 is 0 Å². The zero-order valence-corrected chi connectivity index (χ0v) is 10.6. The van der Waals surface area contributed by atoms with Gasteiger partial charge in [-0.2, -0.15) is 0 Å². The monoisotopic (exact) mass is 222 g/mol. The van der Waals surface area contributed by atoms with E-state index in [0.717, 1.165) is 19.1 Å². The van der Waals surface area contributed by atoms with Crippen LogP contribution in [0.4, 0.5) is 0 Å². The molecule has 16 heavy (non-hydrogen) atoms. The second kappa shape index (κ2) is 3.22. The molecule has 3 nitrogen and oxygen atoms in total. The molecule has 2 atom stereocenters. The molecule has 3 saturated heterocycles. The number of carbonyl (C=O) groups excluding carboxylic acids is 1. The molecule has 3 heterocycles. The summed E-state index contributed by atoms with van der Waals surface area (Å²) in [5.41, 5.74) is -0.214. The molecule has 2 bridgehead atoms. The van der Waals surface area contributed by atoms with Gasteiger partial charge in [0.2, 0.25) is 5.91 Å². The van der Waals surface area contributed by atoms with E-state index in [1.54, 1.807) is 0 Å². The summed E-state index contributed by atoms with van der Waals surface area (Å²) in [6.45, 7) is 8.02. The van der Waals surface area contributed by atoms with Crippen molar-refractivity contribution < 1.29 is 4.79 Å². The first kappa shape index (κ1) is 10.6. The number of piperidine rings is 1. The lowest BCUT2D eigenvalue weighted by molar-refractivity contribution is -0.152. The van der Waals surface area contributed by atoms with E-state index < -0.39 is 0 Å². The van der Waals surface area contributed by atoms with Crippen LogP contribution in [0.15, 0.2) is 0 Å². The molecule has 0 aromatic heterocycles. The van der Waals surface area contributed by atoms with Gasteiger partial charge in [0.15, 0.2) is 0 Å². The number of amides is 1. The molecular formula is C13H22N2O. The van der Waals surface area contributed by atoms with E-state index in [0.29, 0.717) is 18.0 Å². The zero-order chi connectivity index (χ0) is 11.5. The standard InChI is InChI=1S/C13H22N2O/c1-13(2,3)12(16)14-7-10-6-11(8-14)15(10)9-4-5-9/h9-11H,4-8H2,1-3H3. The summed E-state index contributed by atoms with van der Waals surface area (Å²) in [7, 11) is 0. The molecular weight excluding hydrogens is 200 g/mol. The summed E-state index contributed by atoms with van der Waals surface area (Å²) < 4.78 is 0. The average molecular weight is 222 g/mol. The molecule has 3 heteroatoms. The third kappa shape index (κ3) is 1.56. The second-order valence-electron chi connectivity index (χ2n) is 6.68. The molecule has 0 N–H and O–H groups in total. The number of hydrogen-bond acceptors (Lipinski definition) is 2. The Morgan fingerprint density at radius 2 is 1.62 bits per heavy atom. The minimum absolute atomic E-state index is 0.214. The molecule has 90 valence electrons. The SMILES string of the molecule is CC(C)(C)C(=O)N1CC2CC(C1)N2C1CC1. The topological polar surface area (TPSA) is 23.6 Å². The third-order valence-corrected chi connectivity index (χ3v) is 4.15. The van der Waals surface area contributed by atoms with Crippen LogP contribution < -0.4 is 0 Å². The smallest absolute Gasteiger partial charge is 0.228 e. The van der Waals surface area contributed by atoms with Crippen molar-refractivity contribution in [1.29, 1.82) is 0 Å². The maximum absolute atomic E-state index is 12.2. The van der Waals surface area contributed by atoms with E-state index in [1.807, 2.05) is 20.8 Å². The highest BCUT2D eigenvalue weighted by atomic mass is 16.2. The predicted octanol–water partition coefficient (Wildman–Crippen LogP) is 1.48. The summed E-state index contributed by atoms with van der Waals surface area (Å²) in [5, 5.41) is 0. The summed E-state index contributed by atoms with van der Waals surface area (Å²) in [4.78, 5) is 17.0. The van der Waals surface area contributed by atoms with Gasteiger partial charge in [-0.05, 0) is 19.3 Å². The van der Waals surface area contributed by atoms with Gasteiger partial charge in [-0.15, -0.1) is 0 Å². The second-order valence-corrected chi connectivity index (χ2v) is 6.68. The highest BCUT2D eigenvalue weighted by Crippen LogP contribution is 2.42. The van der Waals surface area contributed by atoms with Gasteiger partial charge >= 0.3 is 0 Å². The van der Waals surface area contributed by atoms with Gasteiger partial charge < -0.3 is 4.90 Å². The van der Waals surface area contributed by atoms with Gasteiger partial charge in [0.05, 0.1) is 0 Å². The van der Waals surface area contributed by atoms with Crippen LogP contribution in [0, 0.1) is 5.41 Å². The Hall–Kier alpha value is -0.570. The van der Waals surface area contributed by atoms with Crippen LogP contribution in [0.2, 0.25) is 0 Å². The van der Waals surface area contributed by atoms with Crippen molar-refractivity contribution in [3.63, 3.8) is 0 Å². The number of carbonyl (C=O) groups is 1. The fourth-order valence-electron chi connectivity index (χ4n) is 3.25. The van der Waals surface area contributed by atoms with Gasteiger partial charge in [-0.25, -0.2) is 0 Å². The number of piperazine rings is 1. The molecule has 1 aliphatic carbocycles. The Balaban J connectivity index is 1.64. The number of nitrogens with zero attached hydrogens (tertiary/aromatic N) is 2. The Morgan fingerprint density at radius 1 is 1.06 bits per heavy atom. The van der Waals surface area contributed by atoms with Crippen LogP contribution in [0.25, 0.3) is 0 Å². The van der Waals surface area contributed by atoms with E-state index in [9.17, 15) is 4.79 Å². The van der Waals surface area contributed by atoms with Gasteiger partial charge in [0, 0.05) is 36.6 Å². The van der Waals surface area contributed by atoms with E-state index in [-0.39, 0.29) is 5.41 Å². The molecule has 0 aromatic rings. The zero-order valence-electron chi connectivity index (χ0n) is 10.6. The van der Waals surface area contributed by atoms with Crippen molar-refractivity contribution >= 4 is 5.91 Å². The first-order valence-corrected chi connectivity index (χ1v) is 6.53. The van der Waals surface area contributed by atoms with Crippen molar-refractivity contribution in [1.82, 2.24) is 9.80 Å². The molecule has 3 aliphatic heterocycles. The first-order chi connectivity index (χ1) is 7.47. The van der Waals surface area contributed by atoms with Crippen molar-refractivity contribution in [3.05, 3.63) is 0 Å². The highest BCUT2D eigenvalue weighted by molar-refractivity contribution is 5.81. The Morgan fingerprint density at radius 3 is 2.06 bits per heavy atom. The van der Waals surface area contributed by atoms with Gasteiger partial charge in [0.25, 0.3) is 0 Å². The fourth-order valence-corrected chi connectivity index (χ4v) is 3.25. The number of hydrogen-bond donors (Lipinski definition) is 0. The van der Waals surface area contributed by atoms with Crippen LogP contribution in [0.3, 0.4) is 0 Å². The molecule has 4 fully saturated rings. The lowest BCUT2D eigenvalue weighted by atomic mass is 9.85. The maximum Gasteiger partial charge on any atom is 0.228 e. The molecule has 0 spiro atoms. The largest absolute Gasteiger partial charge is 0.339 e. The van der Waals surface area contributed by atoms with E-state index >= 15 is 0 Å². The Bertz CT molecular complexity index is 304. The van der Waals surface area contributed by atoms with Crippen LogP contribution in [-0.2, 0) is 4.79 Å². The molecule has 0 radical (unpaired) electrons. The van der Waals surface area contributed by atoms with Crippen LogP contribution in [0.1, 0.15) is 40.0 Å².